The third-order valence-corrected chi connectivity index (χ3v) is 8.78. The van der Waals surface area contributed by atoms with Crippen LogP contribution in [0.5, 0.6) is 0 Å². The lowest BCUT2D eigenvalue weighted by Gasteiger charge is -2.07. The lowest BCUT2D eigenvalue weighted by Crippen LogP contribution is -2.34. The third-order valence-electron chi connectivity index (χ3n) is 8.78. The van der Waals surface area contributed by atoms with E-state index in [1.54, 1.807) is 0 Å². The molecule has 0 unspecified atom stereocenters. The number of hydrogen-bond donors (Lipinski definition) is 3. The summed E-state index contributed by atoms with van der Waals surface area (Å²) in [6.07, 6.45) is 41.5. The molecular formula is C40H80N2O4. The molecule has 46 heavy (non-hydrogen) atoms. The van der Waals surface area contributed by atoms with Gasteiger partial charge in [0, 0.05) is 32.9 Å². The van der Waals surface area contributed by atoms with Crippen molar-refractivity contribution in [3.05, 3.63) is 0 Å². The Morgan fingerprint density at radius 2 is 0.543 bits per heavy atom. The van der Waals surface area contributed by atoms with E-state index in [4.69, 9.17) is 9.90 Å². The summed E-state index contributed by atoms with van der Waals surface area (Å²) in [6, 6.07) is 0. The highest BCUT2D eigenvalue weighted by molar-refractivity contribution is 5.77. The van der Waals surface area contributed by atoms with E-state index in [-0.39, 0.29) is 11.8 Å². The smallest absolute Gasteiger partial charge is 0.300 e. The minimum atomic E-state index is -0.833. The summed E-state index contributed by atoms with van der Waals surface area (Å²) in [4.78, 5) is 33.1. The highest BCUT2D eigenvalue weighted by Crippen LogP contribution is 2.15. The van der Waals surface area contributed by atoms with Crippen molar-refractivity contribution in [1.82, 2.24) is 10.6 Å². The average Bonchev–Trinajstić information content (AvgIpc) is 3.02. The number of rotatable bonds is 35. The van der Waals surface area contributed by atoms with Crippen LogP contribution in [0.25, 0.3) is 0 Å². The molecule has 6 heteroatoms. The zero-order chi connectivity index (χ0) is 34.2. The summed E-state index contributed by atoms with van der Waals surface area (Å²) in [6.45, 7) is 6.73. The van der Waals surface area contributed by atoms with Crippen molar-refractivity contribution in [1.29, 1.82) is 0 Å². The molecule has 0 aromatic heterocycles. The molecule has 3 N–H and O–H groups in total. The molecule has 0 aliphatic carbocycles. The molecule has 0 aromatic carbocycles. The highest BCUT2D eigenvalue weighted by atomic mass is 16.4. The van der Waals surface area contributed by atoms with Crippen LogP contribution in [0.4, 0.5) is 0 Å². The first-order valence-corrected chi connectivity index (χ1v) is 20.2. The maximum atomic E-state index is 12.0. The maximum Gasteiger partial charge on any atom is 0.300 e. The van der Waals surface area contributed by atoms with E-state index < -0.39 is 5.97 Å². The number of nitrogens with one attached hydrogen (secondary N) is 2. The quantitative estimate of drug-likeness (QED) is 0.0594. The maximum absolute atomic E-state index is 12.0. The van der Waals surface area contributed by atoms with Crippen LogP contribution in [0.1, 0.15) is 226 Å². The summed E-state index contributed by atoms with van der Waals surface area (Å²) in [5.41, 5.74) is 0. The number of aliphatic carboxylic acids is 1. The van der Waals surface area contributed by atoms with Crippen LogP contribution in [0.2, 0.25) is 0 Å². The normalized spacial score (nSPS) is 10.8. The number of amides is 2. The average molecular weight is 653 g/mol. The second kappa shape index (κ2) is 41.4. The number of carboxylic acid groups (broad SMARTS) is 1. The Bertz CT molecular complexity index is 589. The van der Waals surface area contributed by atoms with Gasteiger partial charge in [0.15, 0.2) is 0 Å². The van der Waals surface area contributed by atoms with Gasteiger partial charge < -0.3 is 15.7 Å². The first kappa shape index (κ1) is 46.5. The Kier molecular flexibility index (Phi) is 41.9. The fourth-order valence-corrected chi connectivity index (χ4v) is 5.89. The molecule has 0 heterocycles. The van der Waals surface area contributed by atoms with E-state index in [2.05, 4.69) is 24.5 Å². The molecule has 2 amide bonds. The predicted molar refractivity (Wildman–Crippen MR) is 198 cm³/mol. The Labute approximate surface area is 286 Å². The van der Waals surface area contributed by atoms with Gasteiger partial charge in [0.2, 0.25) is 11.8 Å². The zero-order valence-corrected chi connectivity index (χ0v) is 31.2. The van der Waals surface area contributed by atoms with Crippen LogP contribution < -0.4 is 10.6 Å². The van der Waals surface area contributed by atoms with E-state index in [1.807, 2.05) is 0 Å². The molecule has 6 nitrogen and oxygen atoms in total. The van der Waals surface area contributed by atoms with Crippen molar-refractivity contribution in [2.24, 2.45) is 0 Å². The zero-order valence-electron chi connectivity index (χ0n) is 31.2. The molecule has 0 aromatic rings. The van der Waals surface area contributed by atoms with Gasteiger partial charge in [-0.05, 0) is 12.8 Å². The summed E-state index contributed by atoms with van der Waals surface area (Å²) in [5, 5.41) is 13.3. The summed E-state index contributed by atoms with van der Waals surface area (Å²) < 4.78 is 0. The second-order valence-electron chi connectivity index (χ2n) is 13.6. The number of carbonyl (C=O) groups excluding carboxylic acids is 2. The number of carboxylic acids is 1. The predicted octanol–water partition coefficient (Wildman–Crippen LogP) is 11.8. The van der Waals surface area contributed by atoms with Gasteiger partial charge in [-0.1, -0.05) is 194 Å². The molecule has 0 aliphatic heterocycles. The SMILES string of the molecule is CC(=O)O.CCCCCCCCCCCCCCCCCC(=O)NCCNC(=O)CCCCCCCCCCCCCCCCC. The van der Waals surface area contributed by atoms with Crippen molar-refractivity contribution in [2.45, 2.75) is 226 Å². The Morgan fingerprint density at radius 1 is 0.370 bits per heavy atom. The van der Waals surface area contributed by atoms with Gasteiger partial charge in [0.05, 0.1) is 0 Å². The van der Waals surface area contributed by atoms with E-state index in [9.17, 15) is 9.59 Å². The van der Waals surface area contributed by atoms with Crippen molar-refractivity contribution in [3.8, 4) is 0 Å². The van der Waals surface area contributed by atoms with Crippen molar-refractivity contribution < 1.29 is 19.5 Å². The van der Waals surface area contributed by atoms with Crippen LogP contribution in [0.3, 0.4) is 0 Å². The molecule has 0 rings (SSSR count). The Balaban J connectivity index is 0. The molecule has 0 bridgehead atoms. The van der Waals surface area contributed by atoms with E-state index in [0.717, 1.165) is 32.6 Å². The first-order chi connectivity index (χ1) is 22.4. The van der Waals surface area contributed by atoms with Crippen molar-refractivity contribution in [2.75, 3.05) is 13.1 Å². The number of unbranched alkanes of at least 4 members (excludes halogenated alkanes) is 28. The molecule has 0 spiro atoms. The second-order valence-corrected chi connectivity index (χ2v) is 13.6. The van der Waals surface area contributed by atoms with Gasteiger partial charge in [-0.2, -0.15) is 0 Å². The summed E-state index contributed by atoms with van der Waals surface area (Å²) >= 11 is 0. The van der Waals surface area contributed by atoms with Gasteiger partial charge >= 0.3 is 0 Å². The molecule has 0 saturated heterocycles. The van der Waals surface area contributed by atoms with E-state index >= 15 is 0 Å². The van der Waals surface area contributed by atoms with Crippen LogP contribution in [0, 0.1) is 0 Å². The molecule has 0 fully saturated rings. The molecule has 0 radical (unpaired) electrons. The lowest BCUT2D eigenvalue weighted by atomic mass is 10.0. The van der Waals surface area contributed by atoms with Gasteiger partial charge in [-0.3, -0.25) is 14.4 Å². The highest BCUT2D eigenvalue weighted by Gasteiger charge is 2.03. The van der Waals surface area contributed by atoms with Gasteiger partial charge in [-0.15, -0.1) is 0 Å². The first-order valence-electron chi connectivity index (χ1n) is 20.2. The minimum absolute atomic E-state index is 0.126. The van der Waals surface area contributed by atoms with Crippen LogP contribution in [-0.4, -0.2) is 36.0 Å². The molecule has 274 valence electrons. The monoisotopic (exact) mass is 653 g/mol. The van der Waals surface area contributed by atoms with Crippen LogP contribution >= 0.6 is 0 Å². The van der Waals surface area contributed by atoms with Gasteiger partial charge in [0.25, 0.3) is 5.97 Å². The largest absolute Gasteiger partial charge is 0.481 e. The summed E-state index contributed by atoms with van der Waals surface area (Å²) in [5.74, 6) is -0.581. The van der Waals surface area contributed by atoms with Crippen LogP contribution in [-0.2, 0) is 14.4 Å². The van der Waals surface area contributed by atoms with E-state index in [1.165, 1.54) is 167 Å². The summed E-state index contributed by atoms with van der Waals surface area (Å²) in [7, 11) is 0. The number of hydrogen-bond acceptors (Lipinski definition) is 3. The Hall–Kier alpha value is -1.59. The molecular weight excluding hydrogens is 572 g/mol. The third kappa shape index (κ3) is 46.8. The fourth-order valence-electron chi connectivity index (χ4n) is 5.89. The topological polar surface area (TPSA) is 95.5 Å². The fraction of sp³-hybridized carbons (Fsp3) is 0.925. The Morgan fingerprint density at radius 3 is 0.739 bits per heavy atom. The number of carbonyl (C=O) groups is 3. The van der Waals surface area contributed by atoms with Crippen molar-refractivity contribution >= 4 is 17.8 Å². The standard InChI is InChI=1S/C38H76N2O2.C2H4O2/c1-3-5-7-9-11-13-15-17-19-21-23-25-27-29-31-33-37(41)39-35-36-40-38(42)34-32-30-28-26-24-22-20-18-16-14-12-10-8-6-4-2;1-2(3)4/h3-36H2,1-2H3,(H,39,41)(H,40,42);1H3,(H,3,4). The minimum Gasteiger partial charge on any atom is -0.481 e. The molecule has 0 aliphatic rings. The van der Waals surface area contributed by atoms with Crippen LogP contribution in [0.15, 0.2) is 0 Å². The molecule has 0 saturated carbocycles. The van der Waals surface area contributed by atoms with E-state index in [0.29, 0.717) is 25.9 Å². The molecule has 0 atom stereocenters. The lowest BCUT2D eigenvalue weighted by molar-refractivity contribution is -0.134. The van der Waals surface area contributed by atoms with Crippen molar-refractivity contribution in [3.63, 3.8) is 0 Å². The van der Waals surface area contributed by atoms with Gasteiger partial charge in [-0.25, -0.2) is 0 Å². The van der Waals surface area contributed by atoms with Gasteiger partial charge in [0.1, 0.15) is 0 Å².